The van der Waals surface area contributed by atoms with Crippen LogP contribution in [0.15, 0.2) is 24.3 Å². The molecule has 2 rings (SSSR count). The highest BCUT2D eigenvalue weighted by molar-refractivity contribution is 5.90. The van der Waals surface area contributed by atoms with Crippen LogP contribution in [-0.2, 0) is 44.5 Å². The first-order valence-electron chi connectivity index (χ1n) is 16.8. The van der Waals surface area contributed by atoms with Gasteiger partial charge in [0, 0.05) is 40.2 Å². The van der Waals surface area contributed by atoms with Crippen molar-refractivity contribution in [2.75, 3.05) is 27.3 Å². The summed E-state index contributed by atoms with van der Waals surface area (Å²) < 4.78 is 36.9. The van der Waals surface area contributed by atoms with Gasteiger partial charge in [0.25, 0.3) is 5.91 Å². The van der Waals surface area contributed by atoms with Gasteiger partial charge >= 0.3 is 24.0 Å². The van der Waals surface area contributed by atoms with Gasteiger partial charge in [0.05, 0.1) is 0 Å². The number of rotatable bonds is 15. The maximum atomic E-state index is 15.0. The monoisotopic (exact) mass is 694 g/mol. The number of esters is 2. The third-order valence-electron chi connectivity index (χ3n) is 8.15. The maximum Gasteiger partial charge on any atom is 0.410 e. The first-order valence-corrected chi connectivity index (χ1v) is 16.8. The molecule has 0 aliphatic carbocycles. The van der Waals surface area contributed by atoms with Gasteiger partial charge in [0.15, 0.2) is 12.2 Å². The molecule has 0 saturated carbocycles. The van der Waals surface area contributed by atoms with Crippen LogP contribution < -0.4 is 0 Å². The van der Waals surface area contributed by atoms with E-state index >= 15 is 4.39 Å². The van der Waals surface area contributed by atoms with E-state index in [-0.39, 0.29) is 18.8 Å². The minimum atomic E-state index is -1.91. The number of carboxylic acids is 1. The number of hydrogen-bond acceptors (Lipinski definition) is 9. The second-order valence-electron chi connectivity index (χ2n) is 14.8. The fraction of sp³-hybridized carbons (Fsp3) is 0.694. The van der Waals surface area contributed by atoms with E-state index in [2.05, 4.69) is 0 Å². The van der Waals surface area contributed by atoms with E-state index in [1.165, 1.54) is 34.9 Å². The van der Waals surface area contributed by atoms with Gasteiger partial charge in [-0.3, -0.25) is 9.69 Å². The topological polar surface area (TPSA) is 149 Å². The molecule has 1 unspecified atom stereocenters. The van der Waals surface area contributed by atoms with Gasteiger partial charge in [-0.1, -0.05) is 38.1 Å². The zero-order valence-electron chi connectivity index (χ0n) is 30.6. The number of hydrogen-bond donors (Lipinski definition) is 1. The second kappa shape index (κ2) is 17.8. The molecule has 1 fully saturated rings. The number of carbonyl (C=O) groups excluding carboxylic acids is 4. The molecule has 1 aromatic carbocycles. The van der Waals surface area contributed by atoms with E-state index in [0.717, 1.165) is 28.2 Å². The fourth-order valence-corrected chi connectivity index (χ4v) is 5.41. The summed E-state index contributed by atoms with van der Waals surface area (Å²) in [6, 6.07) is 4.92. The standard InChI is InChI=1S/C36H55FN2O10/c1-22(2)19-27(32(43)47-23(3)31(41)42)38(9)30(40)29(20-24-11-13-25(14-12-24)26-15-17-46-18-16-26)48-33(44)28(21-36(7,8)37)39(10)34(45)49-35(4,5)6/h11-14,22-23,26-29H,15-21H2,1-10H3,(H,41,42)/t23-,27+,28+,29?/m1/s1. The quantitative estimate of drug-likeness (QED) is 0.189. The lowest BCUT2D eigenvalue weighted by Gasteiger charge is -2.34. The Kier molecular flexibility index (Phi) is 15.0. The number of likely N-dealkylation sites (N-methyl/N-ethyl adjacent to an activating group) is 2. The molecular formula is C36H55FN2O10. The molecule has 0 spiro atoms. The molecule has 1 aliphatic heterocycles. The molecule has 4 atom stereocenters. The van der Waals surface area contributed by atoms with Crippen molar-refractivity contribution in [1.29, 1.82) is 0 Å². The Labute approximate surface area is 289 Å². The number of nitrogens with zero attached hydrogens (tertiary/aromatic N) is 2. The lowest BCUT2D eigenvalue weighted by atomic mass is 9.90. The largest absolute Gasteiger partial charge is 0.479 e. The van der Waals surface area contributed by atoms with Gasteiger partial charge in [-0.2, -0.15) is 0 Å². The van der Waals surface area contributed by atoms with Crippen molar-refractivity contribution in [1.82, 2.24) is 9.80 Å². The summed E-state index contributed by atoms with van der Waals surface area (Å²) in [6.45, 7) is 13.7. The zero-order valence-corrected chi connectivity index (χ0v) is 30.6. The van der Waals surface area contributed by atoms with E-state index in [1.54, 1.807) is 20.8 Å². The Bertz CT molecular complexity index is 1280. The normalized spacial score (nSPS) is 16.6. The van der Waals surface area contributed by atoms with Crippen LogP contribution in [0.5, 0.6) is 0 Å². The van der Waals surface area contributed by atoms with E-state index < -0.39 is 71.9 Å². The molecule has 1 aromatic rings. The number of halogens is 1. The van der Waals surface area contributed by atoms with Gasteiger partial charge < -0.3 is 29.0 Å². The molecule has 1 N–H and O–H groups in total. The van der Waals surface area contributed by atoms with Gasteiger partial charge in [0.2, 0.25) is 0 Å². The van der Waals surface area contributed by atoms with Gasteiger partial charge in [0.1, 0.15) is 23.4 Å². The molecule has 49 heavy (non-hydrogen) atoms. The van der Waals surface area contributed by atoms with Crippen LogP contribution >= 0.6 is 0 Å². The summed E-state index contributed by atoms with van der Waals surface area (Å²) >= 11 is 0. The number of alkyl halides is 1. The van der Waals surface area contributed by atoms with Crippen molar-refractivity contribution in [3.05, 3.63) is 35.4 Å². The highest BCUT2D eigenvalue weighted by Crippen LogP contribution is 2.28. The molecule has 2 amide bonds. The van der Waals surface area contributed by atoms with E-state index in [0.29, 0.717) is 24.7 Å². The molecule has 1 saturated heterocycles. The van der Waals surface area contributed by atoms with Crippen LogP contribution in [0.3, 0.4) is 0 Å². The minimum Gasteiger partial charge on any atom is -0.479 e. The number of ether oxygens (including phenoxy) is 4. The summed E-state index contributed by atoms with van der Waals surface area (Å²) in [7, 11) is 2.65. The predicted octanol–water partition coefficient (Wildman–Crippen LogP) is 5.30. The number of carbonyl (C=O) groups is 5. The maximum absolute atomic E-state index is 15.0. The van der Waals surface area contributed by atoms with Gasteiger partial charge in [-0.05, 0) is 83.8 Å². The number of aliphatic carboxylic acids is 1. The van der Waals surface area contributed by atoms with Crippen molar-refractivity contribution in [2.45, 2.75) is 129 Å². The smallest absolute Gasteiger partial charge is 0.410 e. The van der Waals surface area contributed by atoms with Crippen molar-refractivity contribution in [2.24, 2.45) is 5.92 Å². The number of amides is 2. The van der Waals surface area contributed by atoms with Gasteiger partial charge in [-0.25, -0.2) is 23.6 Å². The van der Waals surface area contributed by atoms with Crippen molar-refractivity contribution < 1.29 is 52.4 Å². The number of carboxylic acid groups (broad SMARTS) is 1. The van der Waals surface area contributed by atoms with Crippen molar-refractivity contribution in [3.8, 4) is 0 Å². The first-order chi connectivity index (χ1) is 22.6. The molecule has 276 valence electrons. The molecule has 13 heteroatoms. The average molecular weight is 695 g/mol. The Morgan fingerprint density at radius 1 is 0.898 bits per heavy atom. The Balaban J connectivity index is 2.49. The van der Waals surface area contributed by atoms with Crippen LogP contribution in [0.1, 0.15) is 98.1 Å². The average Bonchev–Trinajstić information content (AvgIpc) is 3.00. The third kappa shape index (κ3) is 13.6. The SMILES string of the molecule is CC(C)C[C@@H](C(=O)O[C@H](C)C(=O)O)N(C)C(=O)C(Cc1ccc(C2CCOCC2)cc1)OC(=O)[C@H](CC(C)(C)F)N(C)C(=O)OC(C)(C)C. The van der Waals surface area contributed by atoms with Crippen LogP contribution in [0.4, 0.5) is 9.18 Å². The Hall–Kier alpha value is -3.74. The minimum absolute atomic E-state index is 0.0974. The summed E-state index contributed by atoms with van der Waals surface area (Å²) in [5.41, 5.74) is -1.05. The molecular weight excluding hydrogens is 639 g/mol. The lowest BCUT2D eigenvalue weighted by molar-refractivity contribution is -0.172. The summed E-state index contributed by atoms with van der Waals surface area (Å²) in [5.74, 6) is -3.85. The lowest BCUT2D eigenvalue weighted by Crippen LogP contribution is -2.52. The fourth-order valence-electron chi connectivity index (χ4n) is 5.41. The summed E-state index contributed by atoms with van der Waals surface area (Å²) in [5, 5.41) is 9.29. The van der Waals surface area contributed by atoms with Crippen LogP contribution in [-0.4, -0.2) is 108 Å². The number of benzene rings is 1. The molecule has 12 nitrogen and oxygen atoms in total. The summed E-state index contributed by atoms with van der Waals surface area (Å²) in [6.07, 6.45) is -2.48. The van der Waals surface area contributed by atoms with Crippen LogP contribution in [0, 0.1) is 5.92 Å². The summed E-state index contributed by atoms with van der Waals surface area (Å²) in [4.78, 5) is 67.6. The Morgan fingerprint density at radius 2 is 1.45 bits per heavy atom. The van der Waals surface area contributed by atoms with E-state index in [4.69, 9.17) is 18.9 Å². The zero-order chi connectivity index (χ0) is 37.3. The molecule has 0 radical (unpaired) electrons. The molecule has 1 aliphatic rings. The second-order valence-corrected chi connectivity index (χ2v) is 14.8. The Morgan fingerprint density at radius 3 is 1.94 bits per heavy atom. The third-order valence-corrected chi connectivity index (χ3v) is 8.15. The van der Waals surface area contributed by atoms with Gasteiger partial charge in [-0.15, -0.1) is 0 Å². The van der Waals surface area contributed by atoms with E-state index in [1.807, 2.05) is 38.1 Å². The molecule has 0 bridgehead atoms. The van der Waals surface area contributed by atoms with Crippen LogP contribution in [0.25, 0.3) is 0 Å². The highest BCUT2D eigenvalue weighted by Gasteiger charge is 2.40. The molecule has 1 heterocycles. The van der Waals surface area contributed by atoms with Crippen LogP contribution in [0.2, 0.25) is 0 Å². The highest BCUT2D eigenvalue weighted by atomic mass is 19.1. The molecule has 0 aromatic heterocycles. The van der Waals surface area contributed by atoms with Crippen molar-refractivity contribution in [3.63, 3.8) is 0 Å². The van der Waals surface area contributed by atoms with E-state index in [9.17, 15) is 29.1 Å². The van der Waals surface area contributed by atoms with Crippen molar-refractivity contribution >= 4 is 29.9 Å². The predicted molar refractivity (Wildman–Crippen MR) is 180 cm³/mol. The first kappa shape index (κ1) is 41.4.